The van der Waals surface area contributed by atoms with Crippen LogP contribution in [0.2, 0.25) is 0 Å². The SMILES string of the molecule is C/C(=C\C(=O)N([C@@H]1C(=O)N[C@@H](CC(=O)O)c2cc(cc(C)c2F)-c2c(C)cc(C#N)cc2OCc2ccc(F)c1c2)N1CC(F)C1)C(F)(F)F. The van der Waals surface area contributed by atoms with E-state index in [1.54, 1.807) is 13.0 Å². The monoisotopic (exact) mass is 700 g/mol. The van der Waals surface area contributed by atoms with Crippen molar-refractivity contribution in [1.82, 2.24) is 15.3 Å². The molecule has 2 amide bonds. The second-order valence-electron chi connectivity index (χ2n) is 12.2. The molecule has 1 fully saturated rings. The molecule has 3 aromatic rings. The molecule has 0 radical (unpaired) electrons. The largest absolute Gasteiger partial charge is 0.488 e. The van der Waals surface area contributed by atoms with Gasteiger partial charge in [-0.15, -0.1) is 0 Å². The maximum Gasteiger partial charge on any atom is 0.412 e. The number of aryl methyl sites for hydroxylation is 2. The Kier molecular flexibility index (Phi) is 9.97. The molecule has 0 aliphatic carbocycles. The molecule has 0 unspecified atom stereocenters. The van der Waals surface area contributed by atoms with Gasteiger partial charge in [0.15, 0.2) is 6.04 Å². The van der Waals surface area contributed by atoms with E-state index in [4.69, 9.17) is 4.74 Å². The van der Waals surface area contributed by atoms with Crippen molar-refractivity contribution in [1.29, 1.82) is 5.26 Å². The number of nitrogens with one attached hydrogen (secondary N) is 1. The highest BCUT2D eigenvalue weighted by atomic mass is 19.4. The standard InChI is InChI=1S/C35H30F6N4O5/c1-17-6-21(13-42)10-28-31(17)22-7-18(2)32(38)25(11-22)27(12-30(47)48)43-34(49)33(24-9-20(16-50-28)4-5-26(24)37)45(44-14-23(36)15-44)29(46)8-19(3)35(39,40)41/h4-11,23,27,33H,12,14-16H2,1-3H3,(H,43,49)(H,47,48)/b19-8+/t27-,33-/m0/s1. The van der Waals surface area contributed by atoms with Gasteiger partial charge < -0.3 is 15.2 Å². The summed E-state index contributed by atoms with van der Waals surface area (Å²) in [7, 11) is 0. The smallest absolute Gasteiger partial charge is 0.412 e. The molecule has 50 heavy (non-hydrogen) atoms. The average Bonchev–Trinajstić information content (AvgIpc) is 3.01. The fourth-order valence-corrected chi connectivity index (χ4v) is 5.94. The van der Waals surface area contributed by atoms with Crippen LogP contribution in [0.1, 0.15) is 58.8 Å². The van der Waals surface area contributed by atoms with Crippen LogP contribution >= 0.6 is 0 Å². The number of carboxylic acids is 1. The van der Waals surface area contributed by atoms with Crippen LogP contribution in [0.3, 0.4) is 0 Å². The number of nitrogens with zero attached hydrogens (tertiary/aromatic N) is 3. The number of hydrogen-bond donors (Lipinski definition) is 2. The van der Waals surface area contributed by atoms with Crippen LogP contribution in [0.15, 0.2) is 54.1 Å². The van der Waals surface area contributed by atoms with E-state index in [1.807, 2.05) is 6.07 Å². The van der Waals surface area contributed by atoms with Crippen molar-refractivity contribution in [2.75, 3.05) is 13.1 Å². The van der Waals surface area contributed by atoms with Gasteiger partial charge in [-0.25, -0.2) is 18.2 Å². The van der Waals surface area contributed by atoms with E-state index in [9.17, 15) is 42.3 Å². The van der Waals surface area contributed by atoms with Crippen LogP contribution in [-0.4, -0.2) is 58.3 Å². The Bertz CT molecular complexity index is 1950. The Hall–Kier alpha value is -5.36. The van der Waals surface area contributed by atoms with E-state index >= 15 is 8.78 Å². The Labute approximate surface area is 282 Å². The third-order valence-corrected chi connectivity index (χ3v) is 8.45. The molecular formula is C35H30F6N4O5. The molecule has 15 heteroatoms. The van der Waals surface area contributed by atoms with Crippen molar-refractivity contribution < 1.29 is 50.6 Å². The van der Waals surface area contributed by atoms with Crippen molar-refractivity contribution in [3.05, 3.63) is 99.1 Å². The predicted molar refractivity (Wildman–Crippen MR) is 166 cm³/mol. The molecule has 2 N–H and O–H groups in total. The van der Waals surface area contributed by atoms with E-state index in [2.05, 4.69) is 5.32 Å². The molecule has 0 aromatic heterocycles. The number of benzene rings is 3. The molecule has 4 bridgehead atoms. The fraction of sp³-hybridized carbons (Fsp3) is 0.314. The molecule has 3 aromatic carbocycles. The molecule has 2 aliphatic heterocycles. The maximum absolute atomic E-state index is 15.9. The number of carbonyl (C=O) groups is 3. The summed E-state index contributed by atoms with van der Waals surface area (Å²) in [5.74, 6) is -6.03. The lowest BCUT2D eigenvalue weighted by molar-refractivity contribution is -0.175. The van der Waals surface area contributed by atoms with Crippen molar-refractivity contribution in [3.8, 4) is 22.9 Å². The summed E-state index contributed by atoms with van der Waals surface area (Å²) < 4.78 is 92.5. The number of hydrazine groups is 1. The number of allylic oxidation sites excluding steroid dienone is 1. The summed E-state index contributed by atoms with van der Waals surface area (Å²) in [6.45, 7) is 2.32. The molecule has 1 saturated heterocycles. The van der Waals surface area contributed by atoms with Gasteiger partial charge in [-0.05, 0) is 79.4 Å². The van der Waals surface area contributed by atoms with E-state index in [-0.39, 0.29) is 40.7 Å². The molecule has 262 valence electrons. The second kappa shape index (κ2) is 13.9. The van der Waals surface area contributed by atoms with Gasteiger partial charge in [-0.2, -0.15) is 18.4 Å². The van der Waals surface area contributed by atoms with E-state index < -0.39 is 84.5 Å². The third-order valence-electron chi connectivity index (χ3n) is 8.45. The number of amides is 2. The third kappa shape index (κ3) is 7.30. The van der Waals surface area contributed by atoms with Crippen LogP contribution < -0.4 is 10.1 Å². The summed E-state index contributed by atoms with van der Waals surface area (Å²) in [5.41, 5.74) is -0.436. The molecule has 0 spiro atoms. The zero-order chi connectivity index (χ0) is 36.7. The van der Waals surface area contributed by atoms with Crippen LogP contribution in [-0.2, 0) is 21.0 Å². The molecular weight excluding hydrogens is 670 g/mol. The van der Waals surface area contributed by atoms with Gasteiger partial charge in [-0.1, -0.05) is 6.07 Å². The minimum absolute atomic E-state index is 0.0379. The van der Waals surface area contributed by atoms with Gasteiger partial charge >= 0.3 is 12.1 Å². The number of alkyl halides is 4. The number of hydrogen-bond acceptors (Lipinski definition) is 6. The minimum Gasteiger partial charge on any atom is -0.488 e. The molecule has 5 rings (SSSR count). The number of ether oxygens (including phenoxy) is 1. The molecule has 2 atom stereocenters. The normalized spacial score (nSPS) is 18.5. The molecule has 9 nitrogen and oxygen atoms in total. The van der Waals surface area contributed by atoms with Crippen LogP contribution in [0, 0.1) is 36.8 Å². The first-order valence-electron chi connectivity index (χ1n) is 15.2. The summed E-state index contributed by atoms with van der Waals surface area (Å²) in [6, 6.07) is 7.38. The number of carbonyl (C=O) groups excluding carboxylic acids is 2. The minimum atomic E-state index is -4.96. The average molecular weight is 701 g/mol. The van der Waals surface area contributed by atoms with Crippen molar-refractivity contribution in [2.45, 2.75) is 58.2 Å². The topological polar surface area (TPSA) is 123 Å². The molecule has 2 heterocycles. The zero-order valence-corrected chi connectivity index (χ0v) is 26.9. The van der Waals surface area contributed by atoms with Gasteiger partial charge in [0.25, 0.3) is 5.91 Å². The zero-order valence-electron chi connectivity index (χ0n) is 26.9. The second-order valence-corrected chi connectivity index (χ2v) is 12.2. The summed E-state index contributed by atoms with van der Waals surface area (Å²) >= 11 is 0. The number of aliphatic carboxylic acids is 1. The Morgan fingerprint density at radius 2 is 1.80 bits per heavy atom. The summed E-state index contributed by atoms with van der Waals surface area (Å²) in [5, 5.41) is 23.3. The number of fused-ring (bicyclic) bond motifs is 6. The van der Waals surface area contributed by atoms with Crippen LogP contribution in [0.25, 0.3) is 11.1 Å². The van der Waals surface area contributed by atoms with E-state index in [0.29, 0.717) is 28.6 Å². The van der Waals surface area contributed by atoms with E-state index in [0.717, 1.165) is 17.1 Å². The molecule has 0 saturated carbocycles. The van der Waals surface area contributed by atoms with Crippen molar-refractivity contribution in [2.24, 2.45) is 0 Å². The first-order chi connectivity index (χ1) is 23.5. The maximum atomic E-state index is 15.9. The van der Waals surface area contributed by atoms with Gasteiger partial charge in [0.1, 0.15) is 30.2 Å². The lowest BCUT2D eigenvalue weighted by Gasteiger charge is -2.45. The van der Waals surface area contributed by atoms with Gasteiger partial charge in [0, 0.05) is 28.3 Å². The quantitative estimate of drug-likeness (QED) is 0.237. The summed E-state index contributed by atoms with van der Waals surface area (Å²) in [4.78, 5) is 40.0. The predicted octanol–water partition coefficient (Wildman–Crippen LogP) is 6.29. The highest BCUT2D eigenvalue weighted by Crippen LogP contribution is 2.40. The van der Waals surface area contributed by atoms with E-state index in [1.165, 1.54) is 31.2 Å². The molecule has 2 aliphatic rings. The van der Waals surface area contributed by atoms with Crippen LogP contribution in [0.5, 0.6) is 5.75 Å². The van der Waals surface area contributed by atoms with Gasteiger partial charge in [0.2, 0.25) is 5.91 Å². The highest BCUT2D eigenvalue weighted by molar-refractivity contribution is 5.94. The highest BCUT2D eigenvalue weighted by Gasteiger charge is 2.44. The first-order valence-corrected chi connectivity index (χ1v) is 15.2. The Balaban J connectivity index is 1.78. The van der Waals surface area contributed by atoms with Crippen LogP contribution in [0.4, 0.5) is 26.3 Å². The first kappa shape index (κ1) is 35.9. The number of halogens is 6. The Morgan fingerprint density at radius 3 is 2.42 bits per heavy atom. The van der Waals surface area contributed by atoms with Crippen molar-refractivity contribution in [3.63, 3.8) is 0 Å². The van der Waals surface area contributed by atoms with Gasteiger partial charge in [-0.3, -0.25) is 19.4 Å². The summed E-state index contributed by atoms with van der Waals surface area (Å²) in [6.07, 6.45) is -7.22. The fourth-order valence-electron chi connectivity index (χ4n) is 5.94. The van der Waals surface area contributed by atoms with Crippen molar-refractivity contribution >= 4 is 17.8 Å². The number of nitriles is 1. The lowest BCUT2D eigenvalue weighted by Crippen LogP contribution is -2.62. The lowest BCUT2D eigenvalue weighted by atomic mass is 9.91. The number of rotatable bonds is 5. The number of carboxylic acid groups (broad SMARTS) is 1. The van der Waals surface area contributed by atoms with Gasteiger partial charge in [0.05, 0.1) is 37.2 Å². The Morgan fingerprint density at radius 1 is 1.10 bits per heavy atom.